The van der Waals surface area contributed by atoms with E-state index < -0.39 is 5.97 Å². The monoisotopic (exact) mass is 258 g/mol. The number of ether oxygens (including phenoxy) is 1. The molecular weight excluding hydrogens is 240 g/mol. The van der Waals surface area contributed by atoms with Crippen LogP contribution in [0.5, 0.6) is 0 Å². The Balaban J connectivity index is 2.95. The summed E-state index contributed by atoms with van der Waals surface area (Å²) in [5.74, 6) is -0.793. The van der Waals surface area contributed by atoms with Gasteiger partial charge in [0.2, 0.25) is 0 Å². The van der Waals surface area contributed by atoms with E-state index in [4.69, 9.17) is 9.84 Å². The molecule has 0 amide bonds. The minimum Gasteiger partial charge on any atom is -0.481 e. The molecule has 5 nitrogen and oxygen atoms in total. The molecule has 1 aromatic rings. The average Bonchev–Trinajstić information content (AvgIpc) is 2.58. The molecule has 1 heterocycles. The molecule has 0 saturated heterocycles. The first-order chi connectivity index (χ1) is 7.84. The van der Waals surface area contributed by atoms with Gasteiger partial charge in [-0.2, -0.15) is 5.10 Å². The van der Waals surface area contributed by atoms with Crippen LogP contribution < -0.4 is 0 Å². The highest BCUT2D eigenvalue weighted by molar-refractivity contribution is 7.99. The summed E-state index contributed by atoms with van der Waals surface area (Å²) >= 11 is 1.27. The molecule has 96 valence electrons. The van der Waals surface area contributed by atoms with Crippen molar-refractivity contribution in [3.05, 3.63) is 11.8 Å². The number of thioether (sulfide) groups is 1. The number of hydrogen-bond acceptors (Lipinski definition) is 4. The normalized spacial score (nSPS) is 11.8. The van der Waals surface area contributed by atoms with Crippen molar-refractivity contribution >= 4 is 17.7 Å². The van der Waals surface area contributed by atoms with Crippen molar-refractivity contribution in [2.75, 3.05) is 12.9 Å². The third-order valence-electron chi connectivity index (χ3n) is 2.00. The van der Waals surface area contributed by atoms with Gasteiger partial charge in [0.05, 0.1) is 28.6 Å². The fourth-order valence-corrected chi connectivity index (χ4v) is 2.28. The molecule has 1 N–H and O–H groups in total. The molecule has 0 spiro atoms. The van der Waals surface area contributed by atoms with Crippen LogP contribution in [0.2, 0.25) is 0 Å². The molecule has 0 unspecified atom stereocenters. The van der Waals surface area contributed by atoms with Crippen molar-refractivity contribution in [2.24, 2.45) is 0 Å². The minimum atomic E-state index is -0.829. The maximum atomic E-state index is 10.6. The Hall–Kier alpha value is -1.01. The van der Waals surface area contributed by atoms with Crippen molar-refractivity contribution in [3.8, 4) is 0 Å². The van der Waals surface area contributed by atoms with Gasteiger partial charge in [-0.25, -0.2) is 0 Å². The van der Waals surface area contributed by atoms with Crippen molar-refractivity contribution < 1.29 is 14.6 Å². The molecule has 1 rings (SSSR count). The van der Waals surface area contributed by atoms with E-state index in [1.807, 2.05) is 31.5 Å². The Morgan fingerprint density at radius 1 is 1.59 bits per heavy atom. The molecule has 0 aliphatic carbocycles. The van der Waals surface area contributed by atoms with Gasteiger partial charge in [-0.05, 0) is 26.8 Å². The van der Waals surface area contributed by atoms with Crippen LogP contribution in [0, 0.1) is 0 Å². The lowest BCUT2D eigenvalue weighted by Crippen LogP contribution is -2.24. The summed E-state index contributed by atoms with van der Waals surface area (Å²) in [7, 11) is 1.61. The summed E-state index contributed by atoms with van der Waals surface area (Å²) in [6.07, 6.45) is 0. The van der Waals surface area contributed by atoms with Crippen LogP contribution in [0.1, 0.15) is 26.5 Å². The van der Waals surface area contributed by atoms with Gasteiger partial charge in [-0.3, -0.25) is 9.48 Å². The van der Waals surface area contributed by atoms with Gasteiger partial charge in [0, 0.05) is 7.11 Å². The molecular formula is C11H18N2O3S. The van der Waals surface area contributed by atoms with E-state index in [9.17, 15) is 4.79 Å². The third-order valence-corrected chi connectivity index (χ3v) is 2.98. The second-order valence-corrected chi connectivity index (χ2v) is 5.67. The molecule has 0 aliphatic heterocycles. The number of carboxylic acid groups (broad SMARTS) is 1. The summed E-state index contributed by atoms with van der Waals surface area (Å²) < 4.78 is 6.88. The molecule has 0 aromatic carbocycles. The lowest BCUT2D eigenvalue weighted by atomic mass is 10.1. The van der Waals surface area contributed by atoms with Crippen LogP contribution in [0.15, 0.2) is 11.1 Å². The third kappa shape index (κ3) is 4.05. The lowest BCUT2D eigenvalue weighted by Gasteiger charge is -2.21. The first-order valence-electron chi connectivity index (χ1n) is 5.27. The van der Waals surface area contributed by atoms with Crippen molar-refractivity contribution in [1.29, 1.82) is 0 Å². The van der Waals surface area contributed by atoms with Gasteiger partial charge >= 0.3 is 5.97 Å². The van der Waals surface area contributed by atoms with E-state index in [1.165, 1.54) is 11.8 Å². The number of carbonyl (C=O) groups is 1. The van der Waals surface area contributed by atoms with Gasteiger partial charge in [-0.1, -0.05) is 11.8 Å². The highest BCUT2D eigenvalue weighted by Crippen LogP contribution is 2.26. The molecule has 0 aliphatic rings. The van der Waals surface area contributed by atoms with E-state index in [0.29, 0.717) is 6.61 Å². The topological polar surface area (TPSA) is 64.3 Å². The molecule has 17 heavy (non-hydrogen) atoms. The fourth-order valence-electron chi connectivity index (χ4n) is 1.35. The number of methoxy groups -OCH3 is 1. The average molecular weight is 258 g/mol. The summed E-state index contributed by atoms with van der Waals surface area (Å²) in [5, 5.41) is 14.0. The Morgan fingerprint density at radius 2 is 2.24 bits per heavy atom. The zero-order chi connectivity index (χ0) is 13.1. The SMILES string of the molecule is COCc1cc(SCC(=O)O)n(C(C)(C)C)n1. The Bertz CT molecular complexity index is 396. The maximum Gasteiger partial charge on any atom is 0.313 e. The van der Waals surface area contributed by atoms with Crippen LogP contribution in [-0.4, -0.2) is 33.7 Å². The van der Waals surface area contributed by atoms with Gasteiger partial charge in [0.1, 0.15) is 0 Å². The molecule has 0 radical (unpaired) electrons. The first-order valence-corrected chi connectivity index (χ1v) is 6.26. The maximum absolute atomic E-state index is 10.6. The summed E-state index contributed by atoms with van der Waals surface area (Å²) in [5.41, 5.74) is 0.641. The second-order valence-electron chi connectivity index (χ2n) is 4.67. The predicted octanol–water partition coefficient (Wildman–Crippen LogP) is 1.96. The van der Waals surface area contributed by atoms with E-state index in [1.54, 1.807) is 7.11 Å². The van der Waals surface area contributed by atoms with Crippen molar-refractivity contribution in [3.63, 3.8) is 0 Å². The largest absolute Gasteiger partial charge is 0.481 e. The second kappa shape index (κ2) is 5.55. The Morgan fingerprint density at radius 3 is 2.71 bits per heavy atom. The summed E-state index contributed by atoms with van der Waals surface area (Å²) in [4.78, 5) is 10.6. The van der Waals surface area contributed by atoms with E-state index in [0.717, 1.165) is 10.7 Å². The lowest BCUT2D eigenvalue weighted by molar-refractivity contribution is -0.133. The first kappa shape index (κ1) is 14.1. The summed E-state index contributed by atoms with van der Waals surface area (Å²) in [6.45, 7) is 6.52. The van der Waals surface area contributed by atoms with Gasteiger partial charge < -0.3 is 9.84 Å². The van der Waals surface area contributed by atoms with Crippen molar-refractivity contribution in [2.45, 2.75) is 37.9 Å². The number of carboxylic acids is 1. The van der Waals surface area contributed by atoms with Crippen LogP contribution in [-0.2, 0) is 21.7 Å². The number of rotatable bonds is 5. The van der Waals surface area contributed by atoms with Gasteiger partial charge in [0.25, 0.3) is 0 Å². The standard InChI is InChI=1S/C11H18N2O3S/c1-11(2,3)13-9(17-7-10(14)15)5-8(12-13)6-16-4/h5H,6-7H2,1-4H3,(H,14,15). The number of aliphatic carboxylic acids is 1. The molecule has 0 fully saturated rings. The highest BCUT2D eigenvalue weighted by Gasteiger charge is 2.20. The molecule has 0 saturated carbocycles. The molecule has 0 bridgehead atoms. The van der Waals surface area contributed by atoms with Crippen LogP contribution in [0.4, 0.5) is 0 Å². The minimum absolute atomic E-state index is 0.0359. The quantitative estimate of drug-likeness (QED) is 0.818. The van der Waals surface area contributed by atoms with Crippen LogP contribution >= 0.6 is 11.8 Å². The molecule has 0 atom stereocenters. The number of hydrogen-bond donors (Lipinski definition) is 1. The Labute approximate surface area is 105 Å². The van der Waals surface area contributed by atoms with Gasteiger partial charge in [0.15, 0.2) is 0 Å². The van der Waals surface area contributed by atoms with E-state index >= 15 is 0 Å². The van der Waals surface area contributed by atoms with Crippen molar-refractivity contribution in [1.82, 2.24) is 9.78 Å². The zero-order valence-electron chi connectivity index (χ0n) is 10.6. The Kier molecular flexibility index (Phi) is 4.59. The highest BCUT2D eigenvalue weighted by atomic mass is 32.2. The number of nitrogens with zero attached hydrogens (tertiary/aromatic N) is 2. The van der Waals surface area contributed by atoms with Crippen LogP contribution in [0.25, 0.3) is 0 Å². The predicted molar refractivity (Wildman–Crippen MR) is 66.3 cm³/mol. The zero-order valence-corrected chi connectivity index (χ0v) is 11.4. The number of aromatic nitrogens is 2. The molecule has 6 heteroatoms. The molecule has 1 aromatic heterocycles. The summed E-state index contributed by atoms with van der Waals surface area (Å²) in [6, 6.07) is 1.88. The fraction of sp³-hybridized carbons (Fsp3) is 0.636. The van der Waals surface area contributed by atoms with Gasteiger partial charge in [-0.15, -0.1) is 0 Å². The smallest absolute Gasteiger partial charge is 0.313 e. The van der Waals surface area contributed by atoms with E-state index in [-0.39, 0.29) is 11.3 Å². The van der Waals surface area contributed by atoms with Crippen LogP contribution in [0.3, 0.4) is 0 Å². The van der Waals surface area contributed by atoms with E-state index in [2.05, 4.69) is 5.10 Å².